The molecule has 0 bridgehead atoms. The minimum absolute atomic E-state index is 0.00630. The molecule has 156 valence electrons. The van der Waals surface area contributed by atoms with Gasteiger partial charge in [0.05, 0.1) is 23.4 Å². The zero-order chi connectivity index (χ0) is 22.1. The summed E-state index contributed by atoms with van der Waals surface area (Å²) in [5, 5.41) is 2.28. The van der Waals surface area contributed by atoms with Gasteiger partial charge in [0.2, 0.25) is 0 Å². The van der Waals surface area contributed by atoms with Crippen molar-refractivity contribution >= 4 is 45.1 Å². The number of allylic oxidation sites excluding steroid dienone is 1. The number of hydrogen-bond donors (Lipinski definition) is 1. The molecule has 0 saturated heterocycles. The number of likely N-dealkylation sites (N-methyl/N-ethyl adjacent to an activating group) is 1. The average Bonchev–Trinajstić information content (AvgIpc) is 2.72. The van der Waals surface area contributed by atoms with Crippen LogP contribution in [0.5, 0.6) is 0 Å². The quantitative estimate of drug-likeness (QED) is 0.719. The Morgan fingerprint density at radius 3 is 2.43 bits per heavy atom. The smallest absolute Gasteiger partial charge is 0.345 e. The third kappa shape index (κ3) is 4.34. The molecule has 2 aromatic carbocycles. The molecule has 8 nitrogen and oxygen atoms in total. The summed E-state index contributed by atoms with van der Waals surface area (Å²) in [6.45, 7) is 0. The normalized spacial score (nSPS) is 15.1. The van der Waals surface area contributed by atoms with Gasteiger partial charge in [0.25, 0.3) is 5.91 Å². The first-order valence-electron chi connectivity index (χ1n) is 8.38. The number of ether oxygens (including phenoxy) is 1. The molecule has 0 fully saturated rings. The summed E-state index contributed by atoms with van der Waals surface area (Å²) in [7, 11) is -1.76. The second-order valence-electron chi connectivity index (χ2n) is 6.10. The van der Waals surface area contributed by atoms with Crippen molar-refractivity contribution in [3.05, 3.63) is 76.2 Å². The molecule has 0 aliphatic carbocycles. The number of nitrogens with zero attached hydrogens (tertiary/aromatic N) is 2. The molecule has 3 rings (SSSR count). The SMILES string of the molecule is COC(=O)c1ccc(C2=NS(=O)(=O)N(C)C(C(=O)Nc3ccc(F)c(Cl)c3)=C2)cc1. The van der Waals surface area contributed by atoms with Crippen molar-refractivity contribution in [2.24, 2.45) is 4.40 Å². The third-order valence-electron chi connectivity index (χ3n) is 4.18. The van der Waals surface area contributed by atoms with Crippen LogP contribution in [0.2, 0.25) is 5.02 Å². The van der Waals surface area contributed by atoms with Crippen LogP contribution in [0.1, 0.15) is 15.9 Å². The van der Waals surface area contributed by atoms with E-state index in [4.69, 9.17) is 11.6 Å². The molecule has 1 aliphatic heterocycles. The van der Waals surface area contributed by atoms with Crippen molar-refractivity contribution in [3.8, 4) is 0 Å². The van der Waals surface area contributed by atoms with Crippen LogP contribution in [-0.2, 0) is 19.7 Å². The standard InChI is InChI=1S/C19H15ClFN3O5S/c1-24-17(18(25)22-13-7-8-15(21)14(20)9-13)10-16(23-30(24,27)28)11-3-5-12(6-4-11)19(26)29-2/h3-10H,1-2H3,(H,22,25). The van der Waals surface area contributed by atoms with Crippen LogP contribution in [0, 0.1) is 5.82 Å². The fourth-order valence-electron chi connectivity index (χ4n) is 2.57. The number of rotatable bonds is 4. The van der Waals surface area contributed by atoms with Gasteiger partial charge in [0.1, 0.15) is 11.5 Å². The number of nitrogens with one attached hydrogen (secondary N) is 1. The van der Waals surface area contributed by atoms with Crippen LogP contribution in [0.4, 0.5) is 10.1 Å². The Morgan fingerprint density at radius 2 is 1.83 bits per heavy atom. The van der Waals surface area contributed by atoms with Crippen molar-refractivity contribution in [1.29, 1.82) is 0 Å². The van der Waals surface area contributed by atoms with Gasteiger partial charge in [-0.25, -0.2) is 13.5 Å². The van der Waals surface area contributed by atoms with E-state index in [0.29, 0.717) is 5.56 Å². The molecule has 1 N–H and O–H groups in total. The zero-order valence-electron chi connectivity index (χ0n) is 15.7. The van der Waals surface area contributed by atoms with E-state index in [0.717, 1.165) is 10.4 Å². The Hall–Kier alpha value is -3.24. The maximum Gasteiger partial charge on any atom is 0.345 e. The van der Waals surface area contributed by atoms with Gasteiger partial charge in [-0.3, -0.25) is 4.79 Å². The van der Waals surface area contributed by atoms with E-state index in [2.05, 4.69) is 14.5 Å². The molecule has 1 amide bonds. The lowest BCUT2D eigenvalue weighted by Crippen LogP contribution is -2.35. The van der Waals surface area contributed by atoms with E-state index < -0.39 is 27.9 Å². The van der Waals surface area contributed by atoms with Crippen LogP contribution in [0.3, 0.4) is 0 Å². The minimum atomic E-state index is -4.18. The van der Waals surface area contributed by atoms with Crippen LogP contribution in [0.25, 0.3) is 0 Å². The largest absolute Gasteiger partial charge is 0.465 e. The highest BCUT2D eigenvalue weighted by atomic mass is 35.5. The number of amides is 1. The minimum Gasteiger partial charge on any atom is -0.465 e. The van der Waals surface area contributed by atoms with Crippen molar-refractivity contribution in [1.82, 2.24) is 4.31 Å². The highest BCUT2D eigenvalue weighted by molar-refractivity contribution is 7.88. The van der Waals surface area contributed by atoms with E-state index in [-0.39, 0.29) is 27.7 Å². The second kappa shape index (κ2) is 8.25. The lowest BCUT2D eigenvalue weighted by molar-refractivity contribution is -0.113. The van der Waals surface area contributed by atoms with Gasteiger partial charge in [0.15, 0.2) is 0 Å². The second-order valence-corrected chi connectivity index (χ2v) is 8.14. The van der Waals surface area contributed by atoms with E-state index in [9.17, 15) is 22.4 Å². The Balaban J connectivity index is 1.94. The predicted octanol–water partition coefficient (Wildman–Crippen LogP) is 2.77. The van der Waals surface area contributed by atoms with Crippen molar-refractivity contribution in [2.45, 2.75) is 0 Å². The zero-order valence-corrected chi connectivity index (χ0v) is 17.3. The van der Waals surface area contributed by atoms with Crippen LogP contribution >= 0.6 is 11.6 Å². The molecule has 0 radical (unpaired) electrons. The van der Waals surface area contributed by atoms with Gasteiger partial charge in [0, 0.05) is 18.3 Å². The van der Waals surface area contributed by atoms with Gasteiger partial charge < -0.3 is 10.1 Å². The number of halogens is 2. The first-order valence-corrected chi connectivity index (χ1v) is 10.2. The van der Waals surface area contributed by atoms with Crippen LogP contribution in [0.15, 0.2) is 58.6 Å². The molecule has 1 heterocycles. The van der Waals surface area contributed by atoms with Crippen molar-refractivity contribution < 1.29 is 27.1 Å². The maximum absolute atomic E-state index is 13.3. The monoisotopic (exact) mass is 451 g/mol. The number of methoxy groups -OCH3 is 1. The molecule has 30 heavy (non-hydrogen) atoms. The lowest BCUT2D eigenvalue weighted by Gasteiger charge is -2.23. The summed E-state index contributed by atoms with van der Waals surface area (Å²) in [6.07, 6.45) is 1.29. The van der Waals surface area contributed by atoms with E-state index in [1.165, 1.54) is 56.6 Å². The average molecular weight is 452 g/mol. The van der Waals surface area contributed by atoms with Gasteiger partial charge in [-0.05, 0) is 36.4 Å². The van der Waals surface area contributed by atoms with Gasteiger partial charge in [-0.2, -0.15) is 8.42 Å². The lowest BCUT2D eigenvalue weighted by atomic mass is 10.1. The van der Waals surface area contributed by atoms with Crippen LogP contribution in [-0.4, -0.2) is 44.5 Å². The Bertz CT molecular complexity index is 1190. The summed E-state index contributed by atoms with van der Waals surface area (Å²) >= 11 is 5.71. The number of anilines is 1. The van der Waals surface area contributed by atoms with Gasteiger partial charge in [-0.15, -0.1) is 4.40 Å². The fraction of sp³-hybridized carbons (Fsp3) is 0.105. The van der Waals surface area contributed by atoms with E-state index in [1.54, 1.807) is 0 Å². The molecule has 0 saturated carbocycles. The maximum atomic E-state index is 13.3. The topological polar surface area (TPSA) is 105 Å². The third-order valence-corrected chi connectivity index (χ3v) is 5.79. The predicted molar refractivity (Wildman–Crippen MR) is 109 cm³/mol. The first kappa shape index (κ1) is 21.5. The van der Waals surface area contributed by atoms with Gasteiger partial charge >= 0.3 is 16.2 Å². The Kier molecular flexibility index (Phi) is 5.90. The molecule has 0 unspecified atom stereocenters. The summed E-state index contributed by atoms with van der Waals surface area (Å²) in [4.78, 5) is 24.2. The molecular formula is C19H15ClFN3O5S. The summed E-state index contributed by atoms with van der Waals surface area (Å²) in [5.74, 6) is -1.97. The first-order chi connectivity index (χ1) is 14.1. The Morgan fingerprint density at radius 1 is 1.17 bits per heavy atom. The highest BCUT2D eigenvalue weighted by Crippen LogP contribution is 2.23. The molecule has 1 aliphatic rings. The van der Waals surface area contributed by atoms with Crippen molar-refractivity contribution in [2.75, 3.05) is 19.5 Å². The molecule has 11 heteroatoms. The molecular weight excluding hydrogens is 437 g/mol. The number of carbonyl (C=O) groups excluding carboxylic acids is 2. The number of carbonyl (C=O) groups is 2. The van der Waals surface area contributed by atoms with Crippen molar-refractivity contribution in [3.63, 3.8) is 0 Å². The van der Waals surface area contributed by atoms with E-state index in [1.807, 2.05) is 0 Å². The fourth-order valence-corrected chi connectivity index (χ4v) is 3.66. The summed E-state index contributed by atoms with van der Waals surface area (Å²) in [5.41, 5.74) is 0.621. The van der Waals surface area contributed by atoms with Crippen LogP contribution < -0.4 is 5.32 Å². The molecule has 0 atom stereocenters. The molecule has 0 spiro atoms. The Labute approximate surface area is 176 Å². The highest BCUT2D eigenvalue weighted by Gasteiger charge is 2.30. The number of hydrogen-bond acceptors (Lipinski definition) is 5. The van der Waals surface area contributed by atoms with Gasteiger partial charge in [-0.1, -0.05) is 23.7 Å². The summed E-state index contributed by atoms with van der Waals surface area (Å²) < 4.78 is 47.2. The number of esters is 1. The molecule has 2 aromatic rings. The molecule has 0 aromatic heterocycles. The summed E-state index contributed by atoms with van der Waals surface area (Å²) in [6, 6.07) is 9.43. The number of benzene rings is 2. The van der Waals surface area contributed by atoms with E-state index >= 15 is 0 Å².